The fraction of sp³-hybridized carbons (Fsp3) is 0.478. The maximum atomic E-state index is 6.43. The Hall–Kier alpha value is -2.07. The first kappa shape index (κ1) is 18.0. The summed E-state index contributed by atoms with van der Waals surface area (Å²) in [6.07, 6.45) is 13.0. The minimum atomic E-state index is 0.642. The van der Waals surface area contributed by atoms with E-state index in [1.165, 1.54) is 56.2 Å². The first-order valence-electron chi connectivity index (χ1n) is 10.6. The number of rotatable bonds is 4. The molecule has 0 spiro atoms. The van der Waals surface area contributed by atoms with E-state index < -0.39 is 0 Å². The number of aromatic nitrogens is 3. The SMILES string of the molecule is Clc1ccc(-n2nc3c4c(ncc3c2OCC2CCCCC2)CCCC4)cc1. The van der Waals surface area contributed by atoms with Gasteiger partial charge in [-0.3, -0.25) is 4.98 Å². The zero-order valence-corrected chi connectivity index (χ0v) is 16.9. The number of nitrogens with zero attached hydrogens (tertiary/aromatic N) is 3. The molecule has 5 rings (SSSR count). The number of ether oxygens (including phenoxy) is 1. The van der Waals surface area contributed by atoms with Gasteiger partial charge in [-0.05, 0) is 68.7 Å². The maximum Gasteiger partial charge on any atom is 0.226 e. The Bertz CT molecular complexity index is 974. The van der Waals surface area contributed by atoms with Crippen LogP contribution in [0.3, 0.4) is 0 Å². The lowest BCUT2D eigenvalue weighted by atomic mass is 9.90. The Labute approximate surface area is 170 Å². The molecule has 0 bridgehead atoms. The number of fused-ring (bicyclic) bond motifs is 3. The standard InChI is InChI=1S/C23H26ClN3O/c24-17-10-12-18(13-11-17)27-23(28-15-16-6-2-1-3-7-16)20-14-25-21-9-5-4-8-19(21)22(20)26-27/h10-14,16H,1-9,15H2. The second-order valence-corrected chi connectivity index (χ2v) is 8.60. The second-order valence-electron chi connectivity index (χ2n) is 8.16. The predicted molar refractivity (Wildman–Crippen MR) is 113 cm³/mol. The van der Waals surface area contributed by atoms with Gasteiger partial charge in [0.25, 0.3) is 0 Å². The highest BCUT2D eigenvalue weighted by Gasteiger charge is 2.23. The van der Waals surface area contributed by atoms with Crippen molar-refractivity contribution in [3.63, 3.8) is 0 Å². The van der Waals surface area contributed by atoms with Gasteiger partial charge in [0.2, 0.25) is 5.88 Å². The monoisotopic (exact) mass is 395 g/mol. The minimum absolute atomic E-state index is 0.642. The molecule has 0 amide bonds. The van der Waals surface area contributed by atoms with Crippen molar-refractivity contribution < 1.29 is 4.74 Å². The molecule has 5 heteroatoms. The average Bonchev–Trinajstić information content (AvgIpc) is 3.12. The molecule has 146 valence electrons. The van der Waals surface area contributed by atoms with Gasteiger partial charge < -0.3 is 4.74 Å². The fourth-order valence-corrected chi connectivity index (χ4v) is 4.76. The number of aryl methyl sites for hydroxylation is 2. The fourth-order valence-electron chi connectivity index (χ4n) is 4.63. The maximum absolute atomic E-state index is 6.43. The van der Waals surface area contributed by atoms with Crippen LogP contribution in [-0.2, 0) is 12.8 Å². The molecular formula is C23H26ClN3O. The molecule has 4 nitrogen and oxygen atoms in total. The summed E-state index contributed by atoms with van der Waals surface area (Å²) in [5.41, 5.74) is 4.54. The van der Waals surface area contributed by atoms with Crippen LogP contribution in [0.15, 0.2) is 30.5 Å². The Morgan fingerprint density at radius 1 is 1.00 bits per heavy atom. The van der Waals surface area contributed by atoms with Crippen molar-refractivity contribution in [2.45, 2.75) is 57.8 Å². The summed E-state index contributed by atoms with van der Waals surface area (Å²) in [4.78, 5) is 4.77. The van der Waals surface area contributed by atoms with E-state index >= 15 is 0 Å². The summed E-state index contributed by atoms with van der Waals surface area (Å²) in [5, 5.41) is 6.76. The second kappa shape index (κ2) is 7.75. The van der Waals surface area contributed by atoms with Gasteiger partial charge in [0.1, 0.15) is 5.52 Å². The van der Waals surface area contributed by atoms with Crippen LogP contribution in [0.25, 0.3) is 16.6 Å². The zero-order chi connectivity index (χ0) is 18.9. The van der Waals surface area contributed by atoms with Crippen molar-refractivity contribution in [3.05, 3.63) is 46.7 Å². The van der Waals surface area contributed by atoms with Crippen molar-refractivity contribution >= 4 is 22.5 Å². The van der Waals surface area contributed by atoms with Crippen LogP contribution in [0, 0.1) is 5.92 Å². The Balaban J connectivity index is 1.57. The highest BCUT2D eigenvalue weighted by molar-refractivity contribution is 6.30. The zero-order valence-electron chi connectivity index (χ0n) is 16.2. The molecule has 28 heavy (non-hydrogen) atoms. The topological polar surface area (TPSA) is 39.9 Å². The Morgan fingerprint density at radius 2 is 1.79 bits per heavy atom. The molecular weight excluding hydrogens is 370 g/mol. The van der Waals surface area contributed by atoms with Crippen LogP contribution in [0.2, 0.25) is 5.02 Å². The lowest BCUT2D eigenvalue weighted by molar-refractivity contribution is 0.200. The Morgan fingerprint density at radius 3 is 2.61 bits per heavy atom. The van der Waals surface area contributed by atoms with Gasteiger partial charge in [0.15, 0.2) is 0 Å². The van der Waals surface area contributed by atoms with Gasteiger partial charge in [0.05, 0.1) is 17.7 Å². The van der Waals surface area contributed by atoms with Crippen molar-refractivity contribution in [2.75, 3.05) is 6.61 Å². The molecule has 2 aliphatic carbocycles. The molecule has 0 N–H and O–H groups in total. The average molecular weight is 396 g/mol. The van der Waals surface area contributed by atoms with Crippen molar-refractivity contribution in [2.24, 2.45) is 5.92 Å². The molecule has 0 aliphatic heterocycles. The van der Waals surface area contributed by atoms with E-state index in [4.69, 9.17) is 26.4 Å². The Kier molecular flexibility index (Phi) is 4.98. The number of hydrogen-bond acceptors (Lipinski definition) is 3. The van der Waals surface area contributed by atoms with E-state index in [0.717, 1.165) is 46.9 Å². The molecule has 1 fully saturated rings. The van der Waals surface area contributed by atoms with Crippen molar-refractivity contribution in [1.82, 2.24) is 14.8 Å². The molecule has 2 aliphatic rings. The number of hydrogen-bond donors (Lipinski definition) is 0. The summed E-state index contributed by atoms with van der Waals surface area (Å²) in [5.74, 6) is 1.46. The highest BCUT2D eigenvalue weighted by atomic mass is 35.5. The molecule has 0 radical (unpaired) electrons. The van der Waals surface area contributed by atoms with E-state index in [-0.39, 0.29) is 0 Å². The highest BCUT2D eigenvalue weighted by Crippen LogP contribution is 2.35. The summed E-state index contributed by atoms with van der Waals surface area (Å²) >= 11 is 6.10. The summed E-state index contributed by atoms with van der Waals surface area (Å²) in [7, 11) is 0. The van der Waals surface area contributed by atoms with Crippen molar-refractivity contribution in [1.29, 1.82) is 0 Å². The molecule has 2 aromatic heterocycles. The third-order valence-corrected chi connectivity index (χ3v) is 6.46. The van der Waals surface area contributed by atoms with Gasteiger partial charge >= 0.3 is 0 Å². The van der Waals surface area contributed by atoms with Crippen LogP contribution in [0.1, 0.15) is 56.2 Å². The molecule has 1 saturated carbocycles. The van der Waals surface area contributed by atoms with Gasteiger partial charge in [0, 0.05) is 22.5 Å². The van der Waals surface area contributed by atoms with E-state index in [1.54, 1.807) is 0 Å². The lowest BCUT2D eigenvalue weighted by Crippen LogP contribution is -2.16. The number of halogens is 1. The summed E-state index contributed by atoms with van der Waals surface area (Å²) < 4.78 is 8.38. The first-order chi connectivity index (χ1) is 13.8. The van der Waals surface area contributed by atoms with E-state index in [1.807, 2.05) is 35.1 Å². The van der Waals surface area contributed by atoms with Crippen LogP contribution >= 0.6 is 11.6 Å². The molecule has 1 aromatic carbocycles. The van der Waals surface area contributed by atoms with Crippen molar-refractivity contribution in [3.8, 4) is 11.6 Å². The third kappa shape index (κ3) is 3.39. The largest absolute Gasteiger partial charge is 0.477 e. The minimum Gasteiger partial charge on any atom is -0.477 e. The first-order valence-corrected chi connectivity index (χ1v) is 11.0. The number of pyridine rings is 1. The van der Waals surface area contributed by atoms with Gasteiger partial charge in [-0.15, -0.1) is 0 Å². The van der Waals surface area contributed by atoms with Crippen LogP contribution in [0.4, 0.5) is 0 Å². The summed E-state index contributed by atoms with van der Waals surface area (Å²) in [6, 6.07) is 7.81. The molecule has 0 unspecified atom stereocenters. The smallest absolute Gasteiger partial charge is 0.226 e. The van der Waals surface area contributed by atoms with E-state index in [0.29, 0.717) is 5.92 Å². The molecule has 0 saturated heterocycles. The van der Waals surface area contributed by atoms with E-state index in [9.17, 15) is 0 Å². The van der Waals surface area contributed by atoms with E-state index in [2.05, 4.69) is 0 Å². The third-order valence-electron chi connectivity index (χ3n) is 6.20. The van der Waals surface area contributed by atoms with Gasteiger partial charge in [-0.2, -0.15) is 9.78 Å². The quantitative estimate of drug-likeness (QED) is 0.551. The predicted octanol–water partition coefficient (Wildman–Crippen LogP) is 5.91. The van der Waals surface area contributed by atoms with Gasteiger partial charge in [-0.25, -0.2) is 0 Å². The number of benzene rings is 1. The van der Waals surface area contributed by atoms with Crippen LogP contribution in [0.5, 0.6) is 5.88 Å². The molecule has 0 atom stereocenters. The molecule has 2 heterocycles. The summed E-state index contributed by atoms with van der Waals surface area (Å²) in [6.45, 7) is 0.755. The molecule has 3 aromatic rings. The lowest BCUT2D eigenvalue weighted by Gasteiger charge is -2.22. The van der Waals surface area contributed by atoms with Crippen LogP contribution < -0.4 is 4.74 Å². The normalized spacial score (nSPS) is 17.6. The van der Waals surface area contributed by atoms with Gasteiger partial charge in [-0.1, -0.05) is 30.9 Å². The van der Waals surface area contributed by atoms with Crippen LogP contribution in [-0.4, -0.2) is 21.4 Å².